The molecule has 48 heavy (non-hydrogen) atoms. The van der Waals surface area contributed by atoms with Crippen molar-refractivity contribution >= 4 is 45.9 Å². The molecule has 1 aliphatic carbocycles. The van der Waals surface area contributed by atoms with Gasteiger partial charge in [0.15, 0.2) is 0 Å². The van der Waals surface area contributed by atoms with E-state index in [1.165, 1.54) is 11.1 Å². The molecule has 8 bridgehead atoms. The number of H-pyrrole nitrogens is 2. The van der Waals surface area contributed by atoms with Gasteiger partial charge in [0.05, 0.1) is 22.8 Å². The Bertz CT molecular complexity index is 2610. The molecule has 5 heterocycles. The molecule has 4 nitrogen and oxygen atoms in total. The number of rotatable bonds is 3. The summed E-state index contributed by atoms with van der Waals surface area (Å²) in [6, 6.07) is 49.0. The van der Waals surface area contributed by atoms with Gasteiger partial charge in [0.1, 0.15) is 0 Å². The fourth-order valence-electron chi connectivity index (χ4n) is 7.43. The summed E-state index contributed by atoms with van der Waals surface area (Å²) in [5.41, 5.74) is 19.0. The third-order valence-corrected chi connectivity index (χ3v) is 9.54. The number of nitrogens with one attached hydrogen (secondary N) is 2. The summed E-state index contributed by atoms with van der Waals surface area (Å²) < 4.78 is 0. The Balaban J connectivity index is 1.42. The summed E-state index contributed by atoms with van der Waals surface area (Å²) >= 11 is 0. The molecule has 2 aliphatic heterocycles. The quantitative estimate of drug-likeness (QED) is 0.209. The topological polar surface area (TPSA) is 57.4 Å². The fourth-order valence-corrected chi connectivity index (χ4v) is 7.43. The summed E-state index contributed by atoms with van der Waals surface area (Å²) in [5.74, 6) is 0. The standard InChI is InChI=1S/C44H28N4/c1-4-12-27(13-5-1)40-33-20-21-34(45-33)41(28-14-6-2-7-15-28)36-24-25-38(47-36)43-31-19-11-10-18-30(31)32-26-39(48-44(32)43)42(29-16-8-3-9-17-29)37-23-22-35(40)46-37/h1-26,46-47H. The zero-order chi connectivity index (χ0) is 31.6. The fraction of sp³-hybridized carbons (Fsp3) is 0. The summed E-state index contributed by atoms with van der Waals surface area (Å²) in [7, 11) is 0. The van der Waals surface area contributed by atoms with Crippen molar-refractivity contribution in [2.45, 2.75) is 0 Å². The van der Waals surface area contributed by atoms with Gasteiger partial charge in [-0.25, -0.2) is 9.97 Å². The summed E-state index contributed by atoms with van der Waals surface area (Å²) in [6.45, 7) is 0. The maximum absolute atomic E-state index is 5.45. The highest BCUT2D eigenvalue weighted by atomic mass is 14.8. The van der Waals surface area contributed by atoms with Gasteiger partial charge < -0.3 is 9.97 Å². The number of aromatic nitrogens is 4. The lowest BCUT2D eigenvalue weighted by molar-refractivity contribution is 1.31. The van der Waals surface area contributed by atoms with Crippen LogP contribution >= 0.6 is 0 Å². The van der Waals surface area contributed by atoms with Crippen LogP contribution in [-0.2, 0) is 0 Å². The monoisotopic (exact) mass is 612 g/mol. The van der Waals surface area contributed by atoms with Crippen LogP contribution in [0.1, 0.15) is 28.3 Å². The van der Waals surface area contributed by atoms with Crippen molar-refractivity contribution in [3.63, 3.8) is 0 Å². The first-order valence-electron chi connectivity index (χ1n) is 16.3. The van der Waals surface area contributed by atoms with E-state index in [9.17, 15) is 0 Å². The molecular formula is C44H28N4. The third-order valence-electron chi connectivity index (χ3n) is 9.54. The van der Waals surface area contributed by atoms with E-state index in [-0.39, 0.29) is 0 Å². The molecule has 224 valence electrons. The lowest BCUT2D eigenvalue weighted by Crippen LogP contribution is -1.89. The summed E-state index contributed by atoms with van der Waals surface area (Å²) in [6.07, 6.45) is 6.55. The lowest BCUT2D eigenvalue weighted by atomic mass is 10.0. The van der Waals surface area contributed by atoms with E-state index in [0.29, 0.717) is 0 Å². The SMILES string of the molecule is C1=Cc2nc1c(-c1ccccc1)c1ccc([nH]1)c(-c1ccccc1)c1nc3c(c4ccc([nH]4)c2-c2ccccc2)-c2ccccc2C3=C1. The highest BCUT2D eigenvalue weighted by molar-refractivity contribution is 6.12. The zero-order valence-electron chi connectivity index (χ0n) is 25.9. The number of aromatic amines is 2. The highest BCUT2D eigenvalue weighted by Gasteiger charge is 2.29. The molecule has 4 heteroatoms. The molecule has 0 radical (unpaired) electrons. The first-order valence-corrected chi connectivity index (χ1v) is 16.3. The molecule has 4 aromatic carbocycles. The molecule has 3 aliphatic rings. The van der Waals surface area contributed by atoms with Gasteiger partial charge in [-0.1, -0.05) is 115 Å². The molecule has 10 rings (SSSR count). The third kappa shape index (κ3) is 4.10. The average Bonchev–Trinajstić information content (AvgIpc) is 3.98. The van der Waals surface area contributed by atoms with Crippen LogP contribution < -0.4 is 0 Å². The molecule has 2 N–H and O–H groups in total. The van der Waals surface area contributed by atoms with E-state index < -0.39 is 0 Å². The molecular weight excluding hydrogens is 585 g/mol. The number of hydrogen-bond donors (Lipinski definition) is 2. The largest absolute Gasteiger partial charge is 0.354 e. The van der Waals surface area contributed by atoms with Gasteiger partial charge in [-0.05, 0) is 70.3 Å². The molecule has 0 fully saturated rings. The minimum absolute atomic E-state index is 0.913. The van der Waals surface area contributed by atoms with Crippen molar-refractivity contribution in [1.29, 1.82) is 0 Å². The van der Waals surface area contributed by atoms with Crippen LogP contribution in [0.15, 0.2) is 140 Å². The maximum atomic E-state index is 5.45. The molecule has 0 saturated carbocycles. The minimum Gasteiger partial charge on any atom is -0.354 e. The van der Waals surface area contributed by atoms with E-state index in [4.69, 9.17) is 9.97 Å². The maximum Gasteiger partial charge on any atom is 0.0816 e. The summed E-state index contributed by atoms with van der Waals surface area (Å²) in [5, 5.41) is 0. The first kappa shape index (κ1) is 26.7. The number of hydrogen-bond acceptors (Lipinski definition) is 2. The van der Waals surface area contributed by atoms with Crippen molar-refractivity contribution < 1.29 is 0 Å². The van der Waals surface area contributed by atoms with Crippen LogP contribution in [-0.4, -0.2) is 19.9 Å². The Morgan fingerprint density at radius 3 is 1.27 bits per heavy atom. The van der Waals surface area contributed by atoms with Crippen LogP contribution in [0.5, 0.6) is 0 Å². The second-order valence-electron chi connectivity index (χ2n) is 12.3. The molecule has 0 unspecified atom stereocenters. The van der Waals surface area contributed by atoms with Crippen molar-refractivity contribution in [2.24, 2.45) is 0 Å². The molecule has 0 atom stereocenters. The van der Waals surface area contributed by atoms with E-state index in [1.807, 2.05) is 0 Å². The zero-order valence-corrected chi connectivity index (χ0v) is 25.9. The highest BCUT2D eigenvalue weighted by Crippen LogP contribution is 2.48. The number of benzene rings is 4. The van der Waals surface area contributed by atoms with E-state index in [1.54, 1.807) is 0 Å². The molecule has 3 aromatic heterocycles. The van der Waals surface area contributed by atoms with Crippen LogP contribution in [0.4, 0.5) is 0 Å². The Labute approximate surface area is 277 Å². The smallest absolute Gasteiger partial charge is 0.0816 e. The van der Waals surface area contributed by atoms with Crippen LogP contribution in [0, 0.1) is 0 Å². The average molecular weight is 613 g/mol. The molecule has 0 amide bonds. The van der Waals surface area contributed by atoms with Crippen molar-refractivity contribution in [3.8, 4) is 44.5 Å². The molecule has 0 spiro atoms. The first-order chi connectivity index (χ1) is 23.8. The van der Waals surface area contributed by atoms with Gasteiger partial charge in [-0.2, -0.15) is 0 Å². The van der Waals surface area contributed by atoms with Crippen molar-refractivity contribution in [2.75, 3.05) is 0 Å². The Morgan fingerprint density at radius 2 is 0.771 bits per heavy atom. The van der Waals surface area contributed by atoms with Gasteiger partial charge in [0.2, 0.25) is 0 Å². The second-order valence-corrected chi connectivity index (χ2v) is 12.3. The number of nitrogens with zero attached hydrogens (tertiary/aromatic N) is 2. The normalized spacial score (nSPS) is 12.6. The van der Waals surface area contributed by atoms with E-state index in [0.717, 1.165) is 89.4 Å². The Morgan fingerprint density at radius 1 is 0.354 bits per heavy atom. The predicted octanol–water partition coefficient (Wildman–Crippen LogP) is 11.1. The Kier molecular flexibility index (Phi) is 5.84. The van der Waals surface area contributed by atoms with Gasteiger partial charge in [0.25, 0.3) is 0 Å². The Hall–Kier alpha value is -6.52. The van der Waals surface area contributed by atoms with Gasteiger partial charge in [-0.3, -0.25) is 0 Å². The van der Waals surface area contributed by atoms with Gasteiger partial charge >= 0.3 is 0 Å². The lowest BCUT2D eigenvalue weighted by Gasteiger charge is -2.06. The molecule has 0 saturated heterocycles. The van der Waals surface area contributed by atoms with Crippen molar-refractivity contribution in [1.82, 2.24) is 19.9 Å². The van der Waals surface area contributed by atoms with E-state index in [2.05, 4.69) is 168 Å². The van der Waals surface area contributed by atoms with E-state index >= 15 is 0 Å². The van der Waals surface area contributed by atoms with Crippen molar-refractivity contribution in [3.05, 3.63) is 168 Å². The van der Waals surface area contributed by atoms with Crippen LogP contribution in [0.25, 0.3) is 90.4 Å². The van der Waals surface area contributed by atoms with Crippen LogP contribution in [0.2, 0.25) is 0 Å². The second kappa shape index (κ2) is 10.5. The summed E-state index contributed by atoms with van der Waals surface area (Å²) in [4.78, 5) is 18.5. The minimum atomic E-state index is 0.913. The molecule has 7 aromatic rings. The van der Waals surface area contributed by atoms with Gasteiger partial charge in [0, 0.05) is 49.9 Å². The van der Waals surface area contributed by atoms with Crippen LogP contribution in [0.3, 0.4) is 0 Å². The van der Waals surface area contributed by atoms with Gasteiger partial charge in [-0.15, -0.1) is 0 Å². The predicted molar refractivity (Wildman–Crippen MR) is 199 cm³/mol. The number of fused-ring (bicyclic) bond motifs is 11.